The van der Waals surface area contributed by atoms with Gasteiger partial charge in [-0.3, -0.25) is 4.79 Å². The highest BCUT2D eigenvalue weighted by Crippen LogP contribution is 2.18. The predicted octanol–water partition coefficient (Wildman–Crippen LogP) is 3.30. The first-order chi connectivity index (χ1) is 9.58. The summed E-state index contributed by atoms with van der Waals surface area (Å²) in [6, 6.07) is 7.88. The SMILES string of the molecule is CC(C)N(CC1CCCNC1)C(=O)c1cccc(Br)c1. The fourth-order valence-electron chi connectivity index (χ4n) is 2.67. The Morgan fingerprint density at radius 1 is 1.50 bits per heavy atom. The van der Waals surface area contributed by atoms with Crippen molar-refractivity contribution in [2.75, 3.05) is 19.6 Å². The van der Waals surface area contributed by atoms with Crippen molar-refractivity contribution in [2.45, 2.75) is 32.7 Å². The molecule has 1 saturated heterocycles. The van der Waals surface area contributed by atoms with Crippen molar-refractivity contribution in [3.8, 4) is 0 Å². The van der Waals surface area contributed by atoms with E-state index in [1.807, 2.05) is 29.2 Å². The number of carbonyl (C=O) groups excluding carboxylic acids is 1. The molecule has 1 heterocycles. The first-order valence-electron chi connectivity index (χ1n) is 7.35. The van der Waals surface area contributed by atoms with E-state index in [-0.39, 0.29) is 11.9 Å². The third-order valence-electron chi connectivity index (χ3n) is 3.81. The number of rotatable bonds is 4. The van der Waals surface area contributed by atoms with Gasteiger partial charge in [0.25, 0.3) is 5.91 Å². The van der Waals surface area contributed by atoms with Crippen LogP contribution in [0.4, 0.5) is 0 Å². The number of benzene rings is 1. The van der Waals surface area contributed by atoms with Crippen molar-refractivity contribution in [1.29, 1.82) is 0 Å². The Morgan fingerprint density at radius 3 is 2.90 bits per heavy atom. The molecule has 1 aliphatic rings. The zero-order chi connectivity index (χ0) is 14.5. The van der Waals surface area contributed by atoms with Crippen LogP contribution >= 0.6 is 15.9 Å². The quantitative estimate of drug-likeness (QED) is 0.913. The molecule has 0 radical (unpaired) electrons. The van der Waals surface area contributed by atoms with Crippen LogP contribution in [0.1, 0.15) is 37.0 Å². The number of nitrogens with zero attached hydrogens (tertiary/aromatic N) is 1. The minimum absolute atomic E-state index is 0.131. The summed E-state index contributed by atoms with van der Waals surface area (Å²) in [6.45, 7) is 7.15. The maximum Gasteiger partial charge on any atom is 0.254 e. The number of hydrogen-bond acceptors (Lipinski definition) is 2. The second kappa shape index (κ2) is 7.23. The van der Waals surface area contributed by atoms with Crippen LogP contribution in [0.5, 0.6) is 0 Å². The van der Waals surface area contributed by atoms with Crippen LogP contribution < -0.4 is 5.32 Å². The van der Waals surface area contributed by atoms with Crippen LogP contribution in [0.2, 0.25) is 0 Å². The van der Waals surface area contributed by atoms with E-state index >= 15 is 0 Å². The van der Waals surface area contributed by atoms with Crippen molar-refractivity contribution in [2.24, 2.45) is 5.92 Å². The van der Waals surface area contributed by atoms with E-state index in [1.165, 1.54) is 12.8 Å². The Balaban J connectivity index is 2.09. The van der Waals surface area contributed by atoms with Gasteiger partial charge in [0.1, 0.15) is 0 Å². The summed E-state index contributed by atoms with van der Waals surface area (Å²) in [5.41, 5.74) is 0.761. The highest BCUT2D eigenvalue weighted by Gasteiger charge is 2.23. The standard InChI is InChI=1S/C16H23BrN2O/c1-12(2)19(11-13-5-4-8-18-10-13)16(20)14-6-3-7-15(17)9-14/h3,6-7,9,12-13,18H,4-5,8,10-11H2,1-2H3. The summed E-state index contributed by atoms with van der Waals surface area (Å²) in [5.74, 6) is 0.703. The maximum atomic E-state index is 12.7. The van der Waals surface area contributed by atoms with Gasteiger partial charge in [0.15, 0.2) is 0 Å². The normalized spacial score (nSPS) is 19.1. The fourth-order valence-corrected chi connectivity index (χ4v) is 3.07. The van der Waals surface area contributed by atoms with Crippen LogP contribution in [0.25, 0.3) is 0 Å². The van der Waals surface area contributed by atoms with Crippen LogP contribution in [-0.4, -0.2) is 36.5 Å². The number of nitrogens with one attached hydrogen (secondary N) is 1. The Hall–Kier alpha value is -0.870. The smallest absolute Gasteiger partial charge is 0.254 e. The Bertz CT molecular complexity index is 456. The van der Waals surface area contributed by atoms with Crippen LogP contribution in [0.3, 0.4) is 0 Å². The highest BCUT2D eigenvalue weighted by atomic mass is 79.9. The monoisotopic (exact) mass is 338 g/mol. The predicted molar refractivity (Wildman–Crippen MR) is 85.9 cm³/mol. The molecule has 1 N–H and O–H groups in total. The van der Waals surface area contributed by atoms with Crippen molar-refractivity contribution < 1.29 is 4.79 Å². The molecule has 0 bridgehead atoms. The van der Waals surface area contributed by atoms with E-state index in [9.17, 15) is 4.79 Å². The van der Waals surface area contributed by atoms with Crippen LogP contribution in [0.15, 0.2) is 28.7 Å². The van der Waals surface area contributed by atoms with Crippen molar-refractivity contribution in [3.05, 3.63) is 34.3 Å². The molecule has 1 amide bonds. The molecule has 110 valence electrons. The molecule has 0 spiro atoms. The summed E-state index contributed by atoms with van der Waals surface area (Å²) in [4.78, 5) is 14.7. The Kier molecular flexibility index (Phi) is 5.61. The molecule has 2 rings (SSSR count). The molecule has 0 aliphatic carbocycles. The topological polar surface area (TPSA) is 32.3 Å². The molecule has 1 fully saturated rings. The van der Waals surface area contributed by atoms with Crippen LogP contribution in [-0.2, 0) is 0 Å². The van der Waals surface area contributed by atoms with Crippen molar-refractivity contribution in [1.82, 2.24) is 10.2 Å². The van der Waals surface area contributed by atoms with Gasteiger partial charge in [-0.1, -0.05) is 22.0 Å². The van der Waals surface area contributed by atoms with Gasteiger partial charge in [-0.15, -0.1) is 0 Å². The van der Waals surface area contributed by atoms with E-state index in [2.05, 4.69) is 35.1 Å². The van der Waals surface area contributed by atoms with E-state index in [1.54, 1.807) is 0 Å². The van der Waals surface area contributed by atoms with Gasteiger partial charge in [-0.05, 0) is 63.9 Å². The fraction of sp³-hybridized carbons (Fsp3) is 0.562. The molecule has 3 nitrogen and oxygen atoms in total. The number of halogens is 1. The molecule has 20 heavy (non-hydrogen) atoms. The summed E-state index contributed by atoms with van der Waals surface area (Å²) < 4.78 is 0.950. The Labute approximate surface area is 129 Å². The first-order valence-corrected chi connectivity index (χ1v) is 8.14. The third kappa shape index (κ3) is 4.06. The average molecular weight is 339 g/mol. The molecular weight excluding hydrogens is 316 g/mol. The number of piperidine rings is 1. The van der Waals surface area contributed by atoms with Crippen molar-refractivity contribution >= 4 is 21.8 Å². The van der Waals surface area contributed by atoms with Gasteiger partial charge >= 0.3 is 0 Å². The summed E-state index contributed by atoms with van der Waals surface area (Å²) in [6.07, 6.45) is 2.42. The molecule has 1 aromatic carbocycles. The second-order valence-electron chi connectivity index (χ2n) is 5.77. The van der Waals surface area contributed by atoms with Gasteiger partial charge in [0.2, 0.25) is 0 Å². The largest absolute Gasteiger partial charge is 0.336 e. The lowest BCUT2D eigenvalue weighted by molar-refractivity contribution is 0.0661. The molecule has 1 aliphatic heterocycles. The third-order valence-corrected chi connectivity index (χ3v) is 4.30. The van der Waals surface area contributed by atoms with E-state index in [0.717, 1.165) is 29.7 Å². The summed E-state index contributed by atoms with van der Waals surface area (Å²) >= 11 is 3.43. The second-order valence-corrected chi connectivity index (χ2v) is 6.69. The molecule has 0 saturated carbocycles. The lowest BCUT2D eigenvalue weighted by atomic mass is 9.98. The number of amides is 1. The summed E-state index contributed by atoms with van der Waals surface area (Å²) in [7, 11) is 0. The van der Waals surface area contributed by atoms with Gasteiger partial charge in [0, 0.05) is 22.6 Å². The number of hydrogen-bond donors (Lipinski definition) is 1. The highest BCUT2D eigenvalue weighted by molar-refractivity contribution is 9.10. The first kappa shape index (κ1) is 15.5. The lowest BCUT2D eigenvalue weighted by Crippen LogP contribution is -2.44. The zero-order valence-corrected chi connectivity index (χ0v) is 13.8. The molecule has 0 aromatic heterocycles. The molecule has 1 unspecified atom stereocenters. The summed E-state index contributed by atoms with van der Waals surface area (Å²) in [5, 5.41) is 3.42. The molecular formula is C16H23BrN2O. The Morgan fingerprint density at radius 2 is 2.30 bits per heavy atom. The lowest BCUT2D eigenvalue weighted by Gasteiger charge is -2.33. The van der Waals surface area contributed by atoms with E-state index in [0.29, 0.717) is 5.92 Å². The van der Waals surface area contributed by atoms with Crippen LogP contribution in [0, 0.1) is 5.92 Å². The minimum atomic E-state index is 0.131. The maximum absolute atomic E-state index is 12.7. The van der Waals surface area contributed by atoms with Gasteiger partial charge in [-0.25, -0.2) is 0 Å². The van der Waals surface area contributed by atoms with Gasteiger partial charge in [-0.2, -0.15) is 0 Å². The van der Waals surface area contributed by atoms with Gasteiger partial charge in [0.05, 0.1) is 0 Å². The van der Waals surface area contributed by atoms with Crippen molar-refractivity contribution in [3.63, 3.8) is 0 Å². The van der Waals surface area contributed by atoms with E-state index in [4.69, 9.17) is 0 Å². The minimum Gasteiger partial charge on any atom is -0.336 e. The number of carbonyl (C=O) groups is 1. The molecule has 4 heteroatoms. The average Bonchev–Trinajstić information content (AvgIpc) is 2.45. The molecule has 1 aromatic rings. The zero-order valence-electron chi connectivity index (χ0n) is 12.2. The van der Waals surface area contributed by atoms with E-state index < -0.39 is 0 Å². The molecule has 1 atom stereocenters. The van der Waals surface area contributed by atoms with Gasteiger partial charge < -0.3 is 10.2 Å².